The number of amides is 2. The van der Waals surface area contributed by atoms with E-state index < -0.39 is 18.5 Å². The second-order valence-electron chi connectivity index (χ2n) is 3.06. The molecule has 1 aromatic rings. The number of imide groups is 1. The molecular weight excluding hydrogens is 198 g/mol. The van der Waals surface area contributed by atoms with Crippen molar-refractivity contribution in [2.45, 2.75) is 0 Å². The lowest BCUT2D eigenvalue weighted by molar-refractivity contribution is 0.0489. The summed E-state index contributed by atoms with van der Waals surface area (Å²) in [5.41, 5.74) is 0.493. The number of methoxy groups -OCH3 is 1. The average molecular weight is 207 g/mol. The minimum absolute atomic E-state index is 0.221. The lowest BCUT2D eigenvalue weighted by Gasteiger charge is -2.08. The van der Waals surface area contributed by atoms with Gasteiger partial charge in [0.15, 0.2) is 0 Å². The van der Waals surface area contributed by atoms with Gasteiger partial charge in [0.2, 0.25) is 0 Å². The quantitative estimate of drug-likeness (QED) is 0.705. The first-order chi connectivity index (χ1) is 7.20. The number of fused-ring (bicyclic) bond motifs is 1. The van der Waals surface area contributed by atoms with Crippen LogP contribution in [-0.2, 0) is 0 Å². The van der Waals surface area contributed by atoms with Crippen molar-refractivity contribution in [1.82, 2.24) is 4.90 Å². The molecule has 0 spiro atoms. The van der Waals surface area contributed by atoms with Gasteiger partial charge in [-0.3, -0.25) is 14.5 Å². The van der Waals surface area contributed by atoms with Crippen LogP contribution in [-0.4, -0.2) is 35.7 Å². The lowest BCUT2D eigenvalue weighted by Crippen LogP contribution is -2.30. The van der Waals surface area contributed by atoms with Crippen molar-refractivity contribution < 1.29 is 19.4 Å². The highest BCUT2D eigenvalue weighted by atomic mass is 16.5. The van der Waals surface area contributed by atoms with Gasteiger partial charge in [-0.15, -0.1) is 0 Å². The third-order valence-corrected chi connectivity index (χ3v) is 2.32. The van der Waals surface area contributed by atoms with Gasteiger partial charge in [-0.25, -0.2) is 0 Å². The number of aliphatic hydroxyl groups is 1. The minimum atomic E-state index is -0.616. The highest BCUT2D eigenvalue weighted by molar-refractivity contribution is 6.22. The normalized spacial score (nSPS) is 14.4. The highest BCUT2D eigenvalue weighted by Gasteiger charge is 2.37. The van der Waals surface area contributed by atoms with Crippen LogP contribution < -0.4 is 4.74 Å². The first-order valence-electron chi connectivity index (χ1n) is 4.34. The second kappa shape index (κ2) is 3.36. The smallest absolute Gasteiger partial charge is 0.267 e. The van der Waals surface area contributed by atoms with E-state index >= 15 is 0 Å². The minimum Gasteiger partial charge on any atom is -0.496 e. The van der Waals surface area contributed by atoms with E-state index in [1.807, 2.05) is 0 Å². The van der Waals surface area contributed by atoms with Crippen molar-refractivity contribution in [2.24, 2.45) is 0 Å². The van der Waals surface area contributed by atoms with Crippen molar-refractivity contribution in [3.63, 3.8) is 0 Å². The summed E-state index contributed by atoms with van der Waals surface area (Å²) in [6, 6.07) is 4.77. The zero-order chi connectivity index (χ0) is 11.0. The Morgan fingerprint density at radius 2 is 2.07 bits per heavy atom. The number of ether oxygens (including phenoxy) is 1. The van der Waals surface area contributed by atoms with Crippen molar-refractivity contribution >= 4 is 11.8 Å². The zero-order valence-corrected chi connectivity index (χ0v) is 8.06. The standard InChI is InChI=1S/C10H9NO4/c1-15-7-4-2-3-6-8(7)10(14)11(5-12)9(6)13/h2-4,12H,5H2,1H3. The van der Waals surface area contributed by atoms with Gasteiger partial charge in [-0.2, -0.15) is 0 Å². The molecule has 15 heavy (non-hydrogen) atoms. The lowest BCUT2D eigenvalue weighted by atomic mass is 10.1. The molecule has 1 heterocycles. The number of carbonyl (C=O) groups excluding carboxylic acids is 2. The number of hydrogen-bond donors (Lipinski definition) is 1. The SMILES string of the molecule is COc1cccc2c1C(=O)N(CO)C2=O. The second-order valence-corrected chi connectivity index (χ2v) is 3.06. The van der Waals surface area contributed by atoms with Gasteiger partial charge < -0.3 is 9.84 Å². The van der Waals surface area contributed by atoms with E-state index in [4.69, 9.17) is 9.84 Å². The van der Waals surface area contributed by atoms with E-state index in [1.54, 1.807) is 12.1 Å². The molecule has 0 fully saturated rings. The Morgan fingerprint density at radius 1 is 1.33 bits per heavy atom. The van der Waals surface area contributed by atoms with Gasteiger partial charge in [0, 0.05) is 0 Å². The monoisotopic (exact) mass is 207 g/mol. The predicted octanol–water partition coefficient (Wildman–Crippen LogP) is 0.241. The van der Waals surface area contributed by atoms with Crippen LogP contribution in [0.2, 0.25) is 0 Å². The fraction of sp³-hybridized carbons (Fsp3) is 0.200. The molecule has 0 bridgehead atoms. The Balaban J connectivity index is 2.62. The summed E-state index contributed by atoms with van der Waals surface area (Å²) in [7, 11) is 1.43. The summed E-state index contributed by atoms with van der Waals surface area (Å²) in [5, 5.41) is 8.89. The topological polar surface area (TPSA) is 66.8 Å². The van der Waals surface area contributed by atoms with Crippen LogP contribution in [0.1, 0.15) is 20.7 Å². The molecule has 2 rings (SSSR count). The molecule has 2 amide bonds. The van der Waals surface area contributed by atoms with E-state index in [-0.39, 0.29) is 11.1 Å². The third-order valence-electron chi connectivity index (χ3n) is 2.32. The summed E-state index contributed by atoms with van der Waals surface area (Å²) < 4.78 is 4.99. The molecule has 0 aromatic heterocycles. The fourth-order valence-corrected chi connectivity index (χ4v) is 1.60. The largest absolute Gasteiger partial charge is 0.496 e. The molecule has 5 nitrogen and oxygen atoms in total. The summed E-state index contributed by atoms with van der Waals surface area (Å²) in [6.07, 6.45) is 0. The molecule has 1 N–H and O–H groups in total. The fourth-order valence-electron chi connectivity index (χ4n) is 1.60. The Bertz CT molecular complexity index is 441. The molecule has 1 aliphatic heterocycles. The van der Waals surface area contributed by atoms with Gasteiger partial charge in [-0.1, -0.05) is 6.07 Å². The van der Waals surface area contributed by atoms with Crippen molar-refractivity contribution in [3.05, 3.63) is 29.3 Å². The van der Waals surface area contributed by atoms with E-state index in [2.05, 4.69) is 0 Å². The van der Waals surface area contributed by atoms with E-state index in [0.717, 1.165) is 4.90 Å². The van der Waals surface area contributed by atoms with Crippen molar-refractivity contribution in [2.75, 3.05) is 13.8 Å². The molecule has 0 radical (unpaired) electrons. The predicted molar refractivity (Wildman–Crippen MR) is 50.6 cm³/mol. The molecule has 1 aliphatic rings. The van der Waals surface area contributed by atoms with Crippen molar-refractivity contribution in [3.8, 4) is 5.75 Å². The first kappa shape index (κ1) is 9.67. The van der Waals surface area contributed by atoms with E-state index in [0.29, 0.717) is 5.75 Å². The molecule has 5 heteroatoms. The Hall–Kier alpha value is -1.88. The Morgan fingerprint density at radius 3 is 2.67 bits per heavy atom. The number of carbonyl (C=O) groups is 2. The Kier molecular flexibility index (Phi) is 2.17. The van der Waals surface area contributed by atoms with Crippen LogP contribution in [0, 0.1) is 0 Å². The van der Waals surface area contributed by atoms with Crippen LogP contribution in [0.3, 0.4) is 0 Å². The van der Waals surface area contributed by atoms with Gasteiger partial charge in [0.25, 0.3) is 11.8 Å². The maximum atomic E-state index is 11.7. The van der Waals surface area contributed by atoms with Crippen LogP contribution in [0.25, 0.3) is 0 Å². The van der Waals surface area contributed by atoms with Crippen LogP contribution in [0.5, 0.6) is 5.75 Å². The van der Waals surface area contributed by atoms with Crippen LogP contribution in [0.4, 0.5) is 0 Å². The van der Waals surface area contributed by atoms with Crippen LogP contribution >= 0.6 is 0 Å². The molecule has 0 saturated carbocycles. The number of rotatable bonds is 2. The zero-order valence-electron chi connectivity index (χ0n) is 8.06. The van der Waals surface area contributed by atoms with Gasteiger partial charge in [0.05, 0.1) is 18.2 Å². The van der Waals surface area contributed by atoms with Gasteiger partial charge in [-0.05, 0) is 12.1 Å². The molecule has 1 aromatic carbocycles. The molecule has 78 valence electrons. The van der Waals surface area contributed by atoms with E-state index in [9.17, 15) is 9.59 Å². The maximum Gasteiger partial charge on any atom is 0.267 e. The maximum absolute atomic E-state index is 11.7. The number of nitrogens with zero attached hydrogens (tertiary/aromatic N) is 1. The van der Waals surface area contributed by atoms with E-state index in [1.165, 1.54) is 13.2 Å². The molecule has 0 atom stereocenters. The summed E-state index contributed by atoms with van der Waals surface area (Å²) >= 11 is 0. The Labute approximate surface area is 85.9 Å². The first-order valence-corrected chi connectivity index (χ1v) is 4.34. The molecular formula is C10H9NO4. The molecule has 0 saturated heterocycles. The number of aliphatic hydroxyl groups excluding tert-OH is 1. The number of benzene rings is 1. The summed E-state index contributed by atoms with van der Waals surface area (Å²) in [4.78, 5) is 24.0. The average Bonchev–Trinajstić information content (AvgIpc) is 2.51. The van der Waals surface area contributed by atoms with Crippen molar-refractivity contribution in [1.29, 1.82) is 0 Å². The summed E-state index contributed by atoms with van der Waals surface area (Å²) in [5.74, 6) is -0.659. The molecule has 0 unspecified atom stereocenters. The van der Waals surface area contributed by atoms with Crippen LogP contribution in [0.15, 0.2) is 18.2 Å². The number of hydrogen-bond acceptors (Lipinski definition) is 4. The van der Waals surface area contributed by atoms with Gasteiger partial charge in [0.1, 0.15) is 12.5 Å². The highest BCUT2D eigenvalue weighted by Crippen LogP contribution is 2.30. The molecule has 0 aliphatic carbocycles. The third kappa shape index (κ3) is 1.20. The summed E-state index contributed by atoms with van der Waals surface area (Å²) in [6.45, 7) is -0.616. The van der Waals surface area contributed by atoms with Gasteiger partial charge >= 0.3 is 0 Å².